The first kappa shape index (κ1) is 16.9. The second-order valence-corrected chi connectivity index (χ2v) is 6.46. The number of nitrogens with zero attached hydrogens (tertiary/aromatic N) is 3. The van der Waals surface area contributed by atoms with Crippen LogP contribution >= 0.6 is 0 Å². The second kappa shape index (κ2) is 6.51. The van der Waals surface area contributed by atoms with Gasteiger partial charge in [0.25, 0.3) is 0 Å². The van der Waals surface area contributed by atoms with Crippen molar-refractivity contribution in [3.8, 4) is 11.5 Å². The summed E-state index contributed by atoms with van der Waals surface area (Å²) in [6, 6.07) is 5.30. The molecule has 0 aromatic carbocycles. The number of anilines is 1. The van der Waals surface area contributed by atoms with Gasteiger partial charge < -0.3 is 9.73 Å². The lowest BCUT2D eigenvalue weighted by atomic mass is 10.2. The quantitative estimate of drug-likeness (QED) is 0.784. The fraction of sp³-hybridized carbons (Fsp3) is 0.333. The molecule has 0 aliphatic rings. The van der Waals surface area contributed by atoms with E-state index in [4.69, 9.17) is 4.42 Å². The smallest absolute Gasteiger partial charge is 0.250 e. The van der Waals surface area contributed by atoms with Crippen LogP contribution in [0.2, 0.25) is 0 Å². The van der Waals surface area contributed by atoms with E-state index >= 15 is 0 Å². The molecule has 3 aromatic rings. The van der Waals surface area contributed by atoms with Crippen molar-refractivity contribution in [3.05, 3.63) is 30.7 Å². The Morgan fingerprint density at radius 2 is 1.96 bits per heavy atom. The Labute approximate surface area is 145 Å². The largest absolute Gasteiger partial charge is 0.463 e. The number of furan rings is 1. The summed E-state index contributed by atoms with van der Waals surface area (Å²) < 4.78 is 6.70. The van der Waals surface area contributed by atoms with Gasteiger partial charge in [0, 0.05) is 18.0 Å². The predicted molar refractivity (Wildman–Crippen MR) is 94.2 cm³/mol. The van der Waals surface area contributed by atoms with Crippen molar-refractivity contribution in [1.29, 1.82) is 0 Å². The highest BCUT2D eigenvalue weighted by Crippen LogP contribution is 2.28. The molecule has 0 aliphatic heterocycles. The molecule has 0 unspecified atom stereocenters. The Kier molecular flexibility index (Phi) is 4.39. The number of pyridine rings is 1. The number of carbonyl (C=O) groups excluding carboxylic acids is 2. The van der Waals surface area contributed by atoms with E-state index < -0.39 is 0 Å². The summed E-state index contributed by atoms with van der Waals surface area (Å²) in [4.78, 5) is 28.9. The molecular formula is C18H20N4O3. The minimum Gasteiger partial charge on any atom is -0.463 e. The first-order chi connectivity index (χ1) is 11.9. The topological polar surface area (TPSA) is 90.0 Å². The molecule has 0 aliphatic carbocycles. The van der Waals surface area contributed by atoms with E-state index in [1.807, 2.05) is 0 Å². The van der Waals surface area contributed by atoms with Crippen molar-refractivity contribution >= 4 is 28.5 Å². The summed E-state index contributed by atoms with van der Waals surface area (Å²) in [7, 11) is 0. The number of nitrogens with one attached hydrogen (secondary N) is 1. The van der Waals surface area contributed by atoms with Crippen LogP contribution in [0.15, 0.2) is 35.1 Å². The van der Waals surface area contributed by atoms with Gasteiger partial charge in [-0.1, -0.05) is 27.7 Å². The molecule has 1 N–H and O–H groups in total. The highest BCUT2D eigenvalue weighted by Gasteiger charge is 2.21. The maximum absolute atomic E-state index is 12.5. The third-order valence-electron chi connectivity index (χ3n) is 3.81. The van der Waals surface area contributed by atoms with Crippen LogP contribution in [0.5, 0.6) is 0 Å². The monoisotopic (exact) mass is 340 g/mol. The SMILES string of the molecule is CC(C)C(=O)Nc1nn(C(=O)C(C)C)c2cc(-c3ccco3)ncc12. The van der Waals surface area contributed by atoms with Crippen molar-refractivity contribution in [1.82, 2.24) is 14.8 Å². The molecule has 0 radical (unpaired) electrons. The van der Waals surface area contributed by atoms with Crippen LogP contribution in [0, 0.1) is 11.8 Å². The number of hydrogen-bond acceptors (Lipinski definition) is 5. The van der Waals surface area contributed by atoms with Crippen molar-refractivity contribution in [3.63, 3.8) is 0 Å². The highest BCUT2D eigenvalue weighted by atomic mass is 16.3. The number of fused-ring (bicyclic) bond motifs is 1. The molecule has 1 amide bonds. The fourth-order valence-corrected chi connectivity index (χ4v) is 2.34. The summed E-state index contributed by atoms with van der Waals surface area (Å²) in [5.41, 5.74) is 1.18. The van der Waals surface area contributed by atoms with Crippen molar-refractivity contribution in [2.75, 3.05) is 5.32 Å². The molecule has 25 heavy (non-hydrogen) atoms. The van der Waals surface area contributed by atoms with E-state index in [-0.39, 0.29) is 23.7 Å². The number of carbonyl (C=O) groups is 2. The molecule has 7 nitrogen and oxygen atoms in total. The molecule has 3 heterocycles. The van der Waals surface area contributed by atoms with Gasteiger partial charge >= 0.3 is 0 Å². The number of rotatable bonds is 4. The molecule has 7 heteroatoms. The van der Waals surface area contributed by atoms with Gasteiger partial charge in [-0.15, -0.1) is 5.10 Å². The molecule has 130 valence electrons. The van der Waals surface area contributed by atoms with Gasteiger partial charge in [-0.05, 0) is 18.2 Å². The summed E-state index contributed by atoms with van der Waals surface area (Å²) in [5, 5.41) is 7.70. The third kappa shape index (κ3) is 3.17. The first-order valence-corrected chi connectivity index (χ1v) is 8.16. The maximum atomic E-state index is 12.5. The number of amides is 1. The van der Waals surface area contributed by atoms with Crippen LogP contribution in [0.1, 0.15) is 32.5 Å². The van der Waals surface area contributed by atoms with Gasteiger partial charge in [-0.3, -0.25) is 14.6 Å². The molecule has 0 bridgehead atoms. The predicted octanol–water partition coefficient (Wildman–Crippen LogP) is 3.58. The Balaban J connectivity index is 2.15. The van der Waals surface area contributed by atoms with E-state index in [1.54, 1.807) is 58.4 Å². The number of hydrogen-bond donors (Lipinski definition) is 1. The van der Waals surface area contributed by atoms with Crippen LogP contribution in [-0.2, 0) is 4.79 Å². The summed E-state index contributed by atoms with van der Waals surface area (Å²) in [6.45, 7) is 7.19. The molecule has 0 spiro atoms. The minimum atomic E-state index is -0.239. The maximum Gasteiger partial charge on any atom is 0.250 e. The van der Waals surface area contributed by atoms with E-state index in [1.165, 1.54) is 4.68 Å². The lowest BCUT2D eigenvalue weighted by molar-refractivity contribution is -0.118. The van der Waals surface area contributed by atoms with Crippen LogP contribution in [0.3, 0.4) is 0 Å². The second-order valence-electron chi connectivity index (χ2n) is 6.46. The van der Waals surface area contributed by atoms with Crippen LogP contribution < -0.4 is 5.32 Å². The van der Waals surface area contributed by atoms with Gasteiger partial charge in [-0.2, -0.15) is 4.68 Å². The average Bonchev–Trinajstić information content (AvgIpc) is 3.22. The van der Waals surface area contributed by atoms with Gasteiger partial charge in [0.15, 0.2) is 11.6 Å². The summed E-state index contributed by atoms with van der Waals surface area (Å²) >= 11 is 0. The van der Waals surface area contributed by atoms with Gasteiger partial charge in [0.2, 0.25) is 11.8 Å². The minimum absolute atomic E-state index is 0.161. The van der Waals surface area contributed by atoms with Crippen molar-refractivity contribution in [2.24, 2.45) is 11.8 Å². The third-order valence-corrected chi connectivity index (χ3v) is 3.81. The number of aromatic nitrogens is 3. The highest BCUT2D eigenvalue weighted by molar-refractivity contribution is 6.03. The molecule has 0 saturated carbocycles. The molecular weight excluding hydrogens is 320 g/mol. The van der Waals surface area contributed by atoms with Crippen LogP contribution in [0.25, 0.3) is 22.4 Å². The molecule has 0 saturated heterocycles. The first-order valence-electron chi connectivity index (χ1n) is 8.16. The molecule has 3 rings (SSSR count). The summed E-state index contributed by atoms with van der Waals surface area (Å²) in [5.74, 6) is 0.166. The standard InChI is InChI=1S/C18H20N4O3/c1-10(2)17(23)20-16-12-9-19-13(15-6-5-7-25-15)8-14(12)22(21-16)18(24)11(3)4/h5-11H,1-4H3,(H,20,21,23). The Morgan fingerprint density at radius 1 is 1.20 bits per heavy atom. The van der Waals surface area contributed by atoms with E-state index in [9.17, 15) is 9.59 Å². The molecule has 3 aromatic heterocycles. The summed E-state index contributed by atoms with van der Waals surface area (Å²) in [6.07, 6.45) is 3.16. The fourth-order valence-electron chi connectivity index (χ4n) is 2.34. The van der Waals surface area contributed by atoms with Crippen molar-refractivity contribution in [2.45, 2.75) is 27.7 Å². The van der Waals surface area contributed by atoms with Gasteiger partial charge in [-0.25, -0.2) is 0 Å². The Bertz CT molecular complexity index is 923. The zero-order valence-electron chi connectivity index (χ0n) is 14.6. The molecule has 0 fully saturated rings. The van der Waals surface area contributed by atoms with Crippen molar-refractivity contribution < 1.29 is 14.0 Å². The van der Waals surface area contributed by atoms with Crippen LogP contribution in [0.4, 0.5) is 5.82 Å². The Hall–Kier alpha value is -2.96. The Morgan fingerprint density at radius 3 is 2.56 bits per heavy atom. The van der Waals surface area contributed by atoms with E-state index in [0.717, 1.165) is 0 Å². The van der Waals surface area contributed by atoms with Gasteiger partial charge in [0.1, 0.15) is 5.69 Å². The zero-order valence-corrected chi connectivity index (χ0v) is 14.6. The average molecular weight is 340 g/mol. The van der Waals surface area contributed by atoms with E-state index in [0.29, 0.717) is 28.2 Å². The molecule has 0 atom stereocenters. The normalized spacial score (nSPS) is 11.4. The van der Waals surface area contributed by atoms with E-state index in [2.05, 4.69) is 15.4 Å². The van der Waals surface area contributed by atoms with Crippen LogP contribution in [-0.4, -0.2) is 26.6 Å². The zero-order chi connectivity index (χ0) is 18.1. The lowest BCUT2D eigenvalue weighted by Crippen LogP contribution is -2.20. The lowest BCUT2D eigenvalue weighted by Gasteiger charge is -2.05. The van der Waals surface area contributed by atoms with Gasteiger partial charge in [0.05, 0.1) is 17.2 Å².